The summed E-state index contributed by atoms with van der Waals surface area (Å²) in [7, 11) is 0. The molecular formula is C10H15N3O. The number of carbonyl (C=O) groups excluding carboxylic acids is 1. The molecule has 4 heteroatoms. The van der Waals surface area contributed by atoms with Gasteiger partial charge in [0.1, 0.15) is 0 Å². The Hall–Kier alpha value is -1.55. The predicted molar refractivity (Wildman–Crippen MR) is 56.5 cm³/mol. The van der Waals surface area contributed by atoms with Crippen molar-refractivity contribution in [1.82, 2.24) is 5.43 Å². The number of nitrogens with two attached hydrogens (primary N) is 1. The van der Waals surface area contributed by atoms with Gasteiger partial charge < -0.3 is 5.73 Å². The molecule has 0 spiro atoms. The van der Waals surface area contributed by atoms with Gasteiger partial charge in [-0.2, -0.15) is 0 Å². The molecule has 1 aromatic carbocycles. The topological polar surface area (TPSA) is 67.2 Å². The van der Waals surface area contributed by atoms with E-state index in [9.17, 15) is 4.79 Å². The molecule has 4 nitrogen and oxygen atoms in total. The molecule has 1 amide bonds. The molecule has 0 heterocycles. The lowest BCUT2D eigenvalue weighted by Gasteiger charge is -2.11. The van der Waals surface area contributed by atoms with Crippen LogP contribution in [0.2, 0.25) is 0 Å². The zero-order valence-electron chi connectivity index (χ0n) is 8.16. The number of amides is 1. The van der Waals surface area contributed by atoms with E-state index < -0.39 is 6.04 Å². The minimum absolute atomic E-state index is 0.198. The Labute approximate surface area is 83.5 Å². The third-order valence-corrected chi connectivity index (χ3v) is 1.88. The van der Waals surface area contributed by atoms with E-state index in [0.29, 0.717) is 6.42 Å². The van der Waals surface area contributed by atoms with Crippen LogP contribution in [0.15, 0.2) is 30.3 Å². The highest BCUT2D eigenvalue weighted by molar-refractivity contribution is 5.82. The van der Waals surface area contributed by atoms with Gasteiger partial charge in [0.25, 0.3) is 5.91 Å². The maximum atomic E-state index is 11.2. The summed E-state index contributed by atoms with van der Waals surface area (Å²) in [5, 5.41) is 0. The zero-order valence-corrected chi connectivity index (χ0v) is 8.16. The Morgan fingerprint density at radius 2 is 2.07 bits per heavy atom. The normalized spacial score (nSPS) is 11.9. The van der Waals surface area contributed by atoms with Crippen molar-refractivity contribution < 1.29 is 4.79 Å². The quantitative estimate of drug-likeness (QED) is 0.621. The van der Waals surface area contributed by atoms with Gasteiger partial charge in [0.05, 0.1) is 11.7 Å². The SMILES string of the molecule is CC[C@@H](N)C(=O)NNc1ccccc1. The summed E-state index contributed by atoms with van der Waals surface area (Å²) in [5.74, 6) is -0.198. The average molecular weight is 193 g/mol. The number of anilines is 1. The Morgan fingerprint density at radius 1 is 1.43 bits per heavy atom. The molecule has 0 aliphatic carbocycles. The van der Waals surface area contributed by atoms with Crippen LogP contribution < -0.4 is 16.6 Å². The van der Waals surface area contributed by atoms with Crippen LogP contribution in [0.3, 0.4) is 0 Å². The largest absolute Gasteiger partial charge is 0.320 e. The highest BCUT2D eigenvalue weighted by Gasteiger charge is 2.09. The fraction of sp³-hybridized carbons (Fsp3) is 0.300. The van der Waals surface area contributed by atoms with Gasteiger partial charge in [0.2, 0.25) is 0 Å². The molecule has 14 heavy (non-hydrogen) atoms. The number of hydrogen-bond acceptors (Lipinski definition) is 3. The summed E-state index contributed by atoms with van der Waals surface area (Å²) >= 11 is 0. The lowest BCUT2D eigenvalue weighted by atomic mass is 10.2. The molecular weight excluding hydrogens is 178 g/mol. The van der Waals surface area contributed by atoms with Crippen molar-refractivity contribution in [3.8, 4) is 0 Å². The third-order valence-electron chi connectivity index (χ3n) is 1.88. The van der Waals surface area contributed by atoms with Gasteiger partial charge >= 0.3 is 0 Å². The number of carbonyl (C=O) groups is 1. The Balaban J connectivity index is 2.38. The average Bonchev–Trinajstić information content (AvgIpc) is 2.26. The Kier molecular flexibility index (Phi) is 3.94. The second kappa shape index (κ2) is 5.24. The van der Waals surface area contributed by atoms with Crippen LogP contribution in [0.25, 0.3) is 0 Å². The van der Waals surface area contributed by atoms with E-state index in [-0.39, 0.29) is 5.91 Å². The van der Waals surface area contributed by atoms with Gasteiger partial charge in [-0.05, 0) is 18.6 Å². The molecule has 0 aliphatic rings. The van der Waals surface area contributed by atoms with Crippen molar-refractivity contribution in [2.24, 2.45) is 5.73 Å². The highest BCUT2D eigenvalue weighted by atomic mass is 16.2. The molecule has 0 fully saturated rings. The fourth-order valence-electron chi connectivity index (χ4n) is 0.933. The van der Waals surface area contributed by atoms with Gasteiger partial charge in [0.15, 0.2) is 0 Å². The molecule has 0 bridgehead atoms. The second-order valence-corrected chi connectivity index (χ2v) is 3.00. The van der Waals surface area contributed by atoms with Crippen LogP contribution in [-0.4, -0.2) is 11.9 Å². The van der Waals surface area contributed by atoms with Crippen LogP contribution in [0.1, 0.15) is 13.3 Å². The third kappa shape index (κ3) is 3.06. The highest BCUT2D eigenvalue weighted by Crippen LogP contribution is 2.02. The first-order valence-electron chi connectivity index (χ1n) is 4.60. The van der Waals surface area contributed by atoms with Crippen molar-refractivity contribution in [1.29, 1.82) is 0 Å². The number of nitrogens with one attached hydrogen (secondary N) is 2. The van der Waals surface area contributed by atoms with Gasteiger partial charge in [-0.25, -0.2) is 0 Å². The first-order valence-corrected chi connectivity index (χ1v) is 4.60. The van der Waals surface area contributed by atoms with Crippen molar-refractivity contribution in [3.63, 3.8) is 0 Å². The molecule has 1 rings (SSSR count). The summed E-state index contributed by atoms with van der Waals surface area (Å²) in [6, 6.07) is 8.94. The first-order chi connectivity index (χ1) is 6.74. The van der Waals surface area contributed by atoms with E-state index in [2.05, 4.69) is 10.9 Å². The van der Waals surface area contributed by atoms with Gasteiger partial charge in [-0.1, -0.05) is 25.1 Å². The minimum atomic E-state index is -0.453. The maximum Gasteiger partial charge on any atom is 0.255 e. The predicted octanol–water partition coefficient (Wildman–Crippen LogP) is 0.867. The van der Waals surface area contributed by atoms with Gasteiger partial charge in [-0.15, -0.1) is 0 Å². The smallest absolute Gasteiger partial charge is 0.255 e. The minimum Gasteiger partial charge on any atom is -0.320 e. The Bertz CT molecular complexity index is 287. The van der Waals surface area contributed by atoms with Gasteiger partial charge in [0, 0.05) is 0 Å². The van der Waals surface area contributed by atoms with E-state index in [0.717, 1.165) is 5.69 Å². The summed E-state index contributed by atoms with van der Waals surface area (Å²) < 4.78 is 0. The maximum absolute atomic E-state index is 11.2. The number of rotatable bonds is 4. The van der Waals surface area contributed by atoms with Crippen LogP contribution in [0.4, 0.5) is 5.69 Å². The number of hydrogen-bond donors (Lipinski definition) is 3. The lowest BCUT2D eigenvalue weighted by Crippen LogP contribution is -2.42. The van der Waals surface area contributed by atoms with Crippen LogP contribution in [0, 0.1) is 0 Å². The van der Waals surface area contributed by atoms with E-state index in [4.69, 9.17) is 5.73 Å². The fourth-order valence-corrected chi connectivity index (χ4v) is 0.933. The summed E-state index contributed by atoms with van der Waals surface area (Å²) in [6.07, 6.45) is 0.627. The van der Waals surface area contributed by atoms with E-state index in [1.807, 2.05) is 37.3 Å². The summed E-state index contributed by atoms with van der Waals surface area (Å²) in [4.78, 5) is 11.2. The molecule has 4 N–H and O–H groups in total. The van der Waals surface area contributed by atoms with Crippen LogP contribution in [-0.2, 0) is 4.79 Å². The lowest BCUT2D eigenvalue weighted by molar-refractivity contribution is -0.121. The van der Waals surface area contributed by atoms with Gasteiger partial charge in [-0.3, -0.25) is 15.6 Å². The van der Waals surface area contributed by atoms with Crippen molar-refractivity contribution in [2.75, 3.05) is 5.43 Å². The zero-order chi connectivity index (χ0) is 10.4. The van der Waals surface area contributed by atoms with Crippen LogP contribution in [0.5, 0.6) is 0 Å². The molecule has 0 aliphatic heterocycles. The van der Waals surface area contributed by atoms with Crippen LogP contribution >= 0.6 is 0 Å². The Morgan fingerprint density at radius 3 is 2.64 bits per heavy atom. The molecule has 76 valence electrons. The standard InChI is InChI=1S/C10H15N3O/c1-2-9(11)10(14)13-12-8-6-4-3-5-7-8/h3-7,9,12H,2,11H2,1H3,(H,13,14)/t9-/m1/s1. The molecule has 0 saturated heterocycles. The van der Waals surface area contributed by atoms with Crippen molar-refractivity contribution in [3.05, 3.63) is 30.3 Å². The molecule has 1 aromatic rings. The van der Waals surface area contributed by atoms with E-state index in [1.165, 1.54) is 0 Å². The first kappa shape index (κ1) is 10.5. The van der Waals surface area contributed by atoms with Crippen molar-refractivity contribution >= 4 is 11.6 Å². The molecule has 0 unspecified atom stereocenters. The molecule has 0 aromatic heterocycles. The summed E-state index contributed by atoms with van der Waals surface area (Å²) in [6.45, 7) is 1.87. The van der Waals surface area contributed by atoms with E-state index >= 15 is 0 Å². The number of para-hydroxylation sites is 1. The molecule has 0 radical (unpaired) electrons. The summed E-state index contributed by atoms with van der Waals surface area (Å²) in [5.41, 5.74) is 11.7. The van der Waals surface area contributed by atoms with E-state index in [1.54, 1.807) is 0 Å². The monoisotopic (exact) mass is 193 g/mol. The molecule has 0 saturated carbocycles. The second-order valence-electron chi connectivity index (χ2n) is 3.00. The number of hydrazine groups is 1. The number of benzene rings is 1. The van der Waals surface area contributed by atoms with Crippen molar-refractivity contribution in [2.45, 2.75) is 19.4 Å². The molecule has 1 atom stereocenters.